The normalized spacial score (nSPS) is 34.1. The van der Waals surface area contributed by atoms with E-state index in [9.17, 15) is 8.78 Å². The van der Waals surface area contributed by atoms with Gasteiger partial charge in [-0.15, -0.1) is 0 Å². The first-order valence-corrected chi connectivity index (χ1v) is 6.33. The molecular formula is C13H18F2N2. The van der Waals surface area contributed by atoms with Crippen LogP contribution in [0.2, 0.25) is 0 Å². The fourth-order valence-electron chi connectivity index (χ4n) is 3.41. The Labute approximate surface area is 100 Å². The highest BCUT2D eigenvalue weighted by atomic mass is 19.3. The van der Waals surface area contributed by atoms with Crippen LogP contribution in [0.15, 0.2) is 6.07 Å². The zero-order valence-corrected chi connectivity index (χ0v) is 10.5. The van der Waals surface area contributed by atoms with Crippen molar-refractivity contribution in [2.45, 2.75) is 51.5 Å². The van der Waals surface area contributed by atoms with Gasteiger partial charge >= 0.3 is 0 Å². The van der Waals surface area contributed by atoms with E-state index in [-0.39, 0.29) is 24.7 Å². The molecule has 0 saturated heterocycles. The number of aromatic nitrogens is 2. The van der Waals surface area contributed by atoms with Crippen LogP contribution in [0, 0.1) is 18.8 Å². The number of aryl methyl sites for hydroxylation is 1. The molecule has 1 unspecified atom stereocenters. The van der Waals surface area contributed by atoms with E-state index in [2.05, 4.69) is 25.0 Å². The summed E-state index contributed by atoms with van der Waals surface area (Å²) in [4.78, 5) is 0. The zero-order chi connectivity index (χ0) is 12.4. The molecule has 0 N–H and O–H groups in total. The number of halogens is 2. The van der Waals surface area contributed by atoms with E-state index < -0.39 is 5.92 Å². The fraction of sp³-hybridized carbons (Fsp3) is 0.769. The molecule has 2 saturated carbocycles. The van der Waals surface area contributed by atoms with Gasteiger partial charge in [0.1, 0.15) is 0 Å². The van der Waals surface area contributed by atoms with Crippen molar-refractivity contribution in [3.8, 4) is 0 Å². The smallest absolute Gasteiger partial charge is 0.248 e. The first kappa shape index (κ1) is 11.2. The number of alkyl halides is 2. The second-order valence-electron chi connectivity index (χ2n) is 5.87. The predicted molar refractivity (Wildman–Crippen MR) is 61.3 cm³/mol. The molecule has 2 aliphatic rings. The van der Waals surface area contributed by atoms with Gasteiger partial charge in [0.2, 0.25) is 5.92 Å². The van der Waals surface area contributed by atoms with Crippen LogP contribution in [0.4, 0.5) is 8.78 Å². The predicted octanol–water partition coefficient (Wildman–Crippen LogP) is 3.53. The maximum Gasteiger partial charge on any atom is 0.248 e. The Hall–Kier alpha value is -0.930. The average Bonchev–Trinajstić information content (AvgIpc) is 2.57. The molecule has 0 radical (unpaired) electrons. The lowest BCUT2D eigenvalue weighted by Crippen LogP contribution is -2.15. The second-order valence-corrected chi connectivity index (χ2v) is 5.87. The van der Waals surface area contributed by atoms with Crippen molar-refractivity contribution in [3.63, 3.8) is 0 Å². The monoisotopic (exact) mass is 240 g/mol. The fourth-order valence-corrected chi connectivity index (χ4v) is 3.41. The molecule has 2 nitrogen and oxygen atoms in total. The molecule has 2 aliphatic carbocycles. The molecule has 0 amide bonds. The molecule has 17 heavy (non-hydrogen) atoms. The number of rotatable bonds is 2. The molecule has 1 aromatic heterocycles. The summed E-state index contributed by atoms with van der Waals surface area (Å²) < 4.78 is 28.3. The third-order valence-electron chi connectivity index (χ3n) is 4.12. The van der Waals surface area contributed by atoms with Crippen LogP contribution in [0.5, 0.6) is 0 Å². The van der Waals surface area contributed by atoms with E-state index in [1.165, 1.54) is 5.69 Å². The van der Waals surface area contributed by atoms with E-state index >= 15 is 0 Å². The van der Waals surface area contributed by atoms with Gasteiger partial charge in [-0.05, 0) is 38.7 Å². The van der Waals surface area contributed by atoms with Crippen LogP contribution in [-0.2, 0) is 0 Å². The van der Waals surface area contributed by atoms with Crippen molar-refractivity contribution in [1.29, 1.82) is 0 Å². The van der Waals surface area contributed by atoms with E-state index in [1.54, 1.807) is 0 Å². The van der Waals surface area contributed by atoms with Crippen molar-refractivity contribution in [2.75, 3.05) is 0 Å². The Morgan fingerprint density at radius 2 is 1.94 bits per heavy atom. The van der Waals surface area contributed by atoms with Gasteiger partial charge in [-0.2, -0.15) is 5.10 Å². The lowest BCUT2D eigenvalue weighted by Gasteiger charge is -2.15. The Bertz CT molecular complexity index is 436. The minimum absolute atomic E-state index is 0.0741. The van der Waals surface area contributed by atoms with Crippen molar-refractivity contribution >= 4 is 0 Å². The minimum Gasteiger partial charge on any atom is -0.267 e. The second kappa shape index (κ2) is 3.30. The molecule has 3 rings (SSSR count). The maximum atomic E-state index is 13.2. The van der Waals surface area contributed by atoms with Crippen LogP contribution in [0.25, 0.3) is 0 Å². The number of nitrogens with zero attached hydrogens (tertiary/aromatic N) is 2. The largest absolute Gasteiger partial charge is 0.267 e. The van der Waals surface area contributed by atoms with E-state index in [0.29, 0.717) is 12.0 Å². The van der Waals surface area contributed by atoms with Crippen LogP contribution in [0.1, 0.15) is 50.0 Å². The van der Waals surface area contributed by atoms with E-state index in [1.807, 2.05) is 11.6 Å². The van der Waals surface area contributed by atoms with Crippen LogP contribution in [-0.4, -0.2) is 15.7 Å². The number of hydrogen-bond donors (Lipinski definition) is 0. The molecule has 0 spiro atoms. The number of fused-ring (bicyclic) bond motifs is 1. The van der Waals surface area contributed by atoms with Crippen molar-refractivity contribution in [3.05, 3.63) is 17.5 Å². The van der Waals surface area contributed by atoms with Gasteiger partial charge in [0, 0.05) is 30.5 Å². The first-order chi connectivity index (χ1) is 7.89. The highest BCUT2D eigenvalue weighted by Crippen LogP contribution is 2.67. The van der Waals surface area contributed by atoms with Crippen molar-refractivity contribution < 1.29 is 8.78 Å². The molecule has 2 fully saturated rings. The van der Waals surface area contributed by atoms with E-state index in [4.69, 9.17) is 0 Å². The number of hydrogen-bond acceptors (Lipinski definition) is 1. The zero-order valence-electron chi connectivity index (χ0n) is 10.5. The topological polar surface area (TPSA) is 17.8 Å². The van der Waals surface area contributed by atoms with Gasteiger partial charge in [0.05, 0.1) is 5.69 Å². The lowest BCUT2D eigenvalue weighted by molar-refractivity contribution is -0.00554. The van der Waals surface area contributed by atoms with Gasteiger partial charge in [0.15, 0.2) is 0 Å². The Kier molecular flexibility index (Phi) is 2.17. The van der Waals surface area contributed by atoms with Gasteiger partial charge in [0.25, 0.3) is 0 Å². The van der Waals surface area contributed by atoms with Crippen LogP contribution in [0.3, 0.4) is 0 Å². The highest BCUT2D eigenvalue weighted by molar-refractivity contribution is 5.27. The van der Waals surface area contributed by atoms with Crippen LogP contribution < -0.4 is 0 Å². The van der Waals surface area contributed by atoms with E-state index in [0.717, 1.165) is 5.69 Å². The molecule has 4 heteroatoms. The summed E-state index contributed by atoms with van der Waals surface area (Å²) >= 11 is 0. The van der Waals surface area contributed by atoms with Gasteiger partial charge in [-0.1, -0.05) is 0 Å². The van der Waals surface area contributed by atoms with Gasteiger partial charge in [-0.3, -0.25) is 4.68 Å². The summed E-state index contributed by atoms with van der Waals surface area (Å²) in [5, 5.41) is 4.46. The van der Waals surface area contributed by atoms with Crippen molar-refractivity contribution in [1.82, 2.24) is 9.78 Å². The Balaban J connectivity index is 1.85. The summed E-state index contributed by atoms with van der Waals surface area (Å²) in [5.41, 5.74) is 2.16. The third kappa shape index (κ3) is 1.69. The summed E-state index contributed by atoms with van der Waals surface area (Å²) in [6, 6.07) is 2.38. The van der Waals surface area contributed by atoms with Crippen LogP contribution >= 0.6 is 0 Å². The van der Waals surface area contributed by atoms with Gasteiger partial charge in [-0.25, -0.2) is 8.78 Å². The SMILES string of the molecule is Cc1cc(C2[C@H]3CC(F)(F)C[C@@H]23)n(C(C)C)n1. The molecular weight excluding hydrogens is 222 g/mol. The maximum absolute atomic E-state index is 13.2. The lowest BCUT2D eigenvalue weighted by atomic mass is 10.1. The molecule has 3 atom stereocenters. The highest BCUT2D eigenvalue weighted by Gasteiger charge is 2.64. The molecule has 94 valence electrons. The first-order valence-electron chi connectivity index (χ1n) is 6.33. The third-order valence-corrected chi connectivity index (χ3v) is 4.12. The molecule has 0 aromatic carbocycles. The standard InChI is InChI=1S/C13H18F2N2/c1-7(2)17-11(4-8(3)16-17)12-9-5-13(14,15)6-10(9)12/h4,7,9-10,12H,5-6H2,1-3H3/t9-,10+,12?. The van der Waals surface area contributed by atoms with Gasteiger partial charge < -0.3 is 0 Å². The molecule has 1 heterocycles. The van der Waals surface area contributed by atoms with Crippen molar-refractivity contribution in [2.24, 2.45) is 11.8 Å². The molecule has 0 bridgehead atoms. The summed E-state index contributed by atoms with van der Waals surface area (Å²) in [7, 11) is 0. The quantitative estimate of drug-likeness (QED) is 0.773. The molecule has 1 aromatic rings. The Morgan fingerprint density at radius 3 is 2.47 bits per heavy atom. The Morgan fingerprint density at radius 1 is 1.35 bits per heavy atom. The summed E-state index contributed by atoms with van der Waals surface area (Å²) in [6.45, 7) is 6.14. The summed E-state index contributed by atoms with van der Waals surface area (Å²) in [5.74, 6) is -1.70. The average molecular weight is 240 g/mol. The summed E-state index contributed by atoms with van der Waals surface area (Å²) in [6.07, 6.45) is 0.148. The molecule has 0 aliphatic heterocycles. The minimum atomic E-state index is -2.41.